The molecule has 9 heteroatoms. The highest BCUT2D eigenvalue weighted by molar-refractivity contribution is 6.12. The quantitative estimate of drug-likeness (QED) is 0.290. The first kappa shape index (κ1) is 23.6. The zero-order chi connectivity index (χ0) is 25.8. The Kier molecular flexibility index (Phi) is 6.50. The average Bonchev–Trinajstić information content (AvgIpc) is 3.23. The summed E-state index contributed by atoms with van der Waals surface area (Å²) in [6.45, 7) is 0. The van der Waals surface area contributed by atoms with Crippen LogP contribution in [0.4, 0.5) is 16.4 Å². The zero-order valence-corrected chi connectivity index (χ0v) is 20.1. The molecular formula is C28H23N5O4. The van der Waals surface area contributed by atoms with Crippen molar-refractivity contribution in [2.45, 2.75) is 0 Å². The second-order valence-corrected chi connectivity index (χ2v) is 8.08. The zero-order valence-electron chi connectivity index (χ0n) is 20.1. The molecule has 2 heterocycles. The van der Waals surface area contributed by atoms with Crippen molar-refractivity contribution in [3.05, 3.63) is 102 Å². The van der Waals surface area contributed by atoms with E-state index >= 15 is 0 Å². The van der Waals surface area contributed by atoms with E-state index in [0.717, 1.165) is 5.52 Å². The standard InChI is InChI=1S/C28H23N5O4/c1-29-28(35)37-25-17-20(14-15-30-25)36-19-12-13-24-23(16-19)32-27(33(24)2)31-22-11-7-6-10-21(22)26(34)18-8-4-3-5-9-18/h3-17H,1-2H3,(H,29,35)(H,31,32). The van der Waals surface area contributed by atoms with Crippen molar-refractivity contribution >= 4 is 34.5 Å². The van der Waals surface area contributed by atoms with Crippen LogP contribution in [-0.2, 0) is 7.05 Å². The van der Waals surface area contributed by atoms with Crippen LogP contribution >= 0.6 is 0 Å². The molecular weight excluding hydrogens is 470 g/mol. The lowest BCUT2D eigenvalue weighted by atomic mass is 10.0. The van der Waals surface area contributed by atoms with Crippen molar-refractivity contribution in [1.82, 2.24) is 19.9 Å². The average molecular weight is 494 g/mol. The third-order valence-corrected chi connectivity index (χ3v) is 5.65. The summed E-state index contributed by atoms with van der Waals surface area (Å²) in [4.78, 5) is 33.3. The maximum atomic E-state index is 13.1. The largest absolute Gasteiger partial charge is 0.457 e. The summed E-state index contributed by atoms with van der Waals surface area (Å²) in [5, 5.41) is 5.68. The minimum Gasteiger partial charge on any atom is -0.457 e. The van der Waals surface area contributed by atoms with Crippen LogP contribution in [-0.4, -0.2) is 33.5 Å². The molecule has 184 valence electrons. The minimum absolute atomic E-state index is 0.0738. The third kappa shape index (κ3) is 5.10. The number of fused-ring (bicyclic) bond motifs is 1. The van der Waals surface area contributed by atoms with Crippen LogP contribution in [0, 0.1) is 0 Å². The lowest BCUT2D eigenvalue weighted by Crippen LogP contribution is -2.22. The summed E-state index contributed by atoms with van der Waals surface area (Å²) in [6, 6.07) is 25.2. The molecule has 2 N–H and O–H groups in total. The first-order valence-corrected chi connectivity index (χ1v) is 11.5. The number of imidazole rings is 1. The molecule has 5 rings (SSSR count). The van der Waals surface area contributed by atoms with Crippen molar-refractivity contribution in [3.8, 4) is 17.4 Å². The van der Waals surface area contributed by atoms with Gasteiger partial charge in [-0.1, -0.05) is 42.5 Å². The topological polar surface area (TPSA) is 107 Å². The Morgan fingerprint density at radius 3 is 2.46 bits per heavy atom. The summed E-state index contributed by atoms with van der Waals surface area (Å²) in [6.07, 6.45) is 0.870. The molecule has 37 heavy (non-hydrogen) atoms. The molecule has 0 unspecified atom stereocenters. The van der Waals surface area contributed by atoms with E-state index in [-0.39, 0.29) is 11.7 Å². The van der Waals surface area contributed by atoms with Crippen molar-refractivity contribution in [2.75, 3.05) is 12.4 Å². The monoisotopic (exact) mass is 493 g/mol. The van der Waals surface area contributed by atoms with Gasteiger partial charge in [0, 0.05) is 43.6 Å². The summed E-state index contributed by atoms with van der Waals surface area (Å²) < 4.78 is 12.9. The first-order chi connectivity index (χ1) is 18.0. The van der Waals surface area contributed by atoms with Gasteiger partial charge in [0.1, 0.15) is 11.5 Å². The Hall–Kier alpha value is -5.18. The molecule has 2 aromatic heterocycles. The number of hydrogen-bond donors (Lipinski definition) is 2. The normalized spacial score (nSPS) is 10.6. The predicted molar refractivity (Wildman–Crippen MR) is 140 cm³/mol. The molecule has 0 aliphatic carbocycles. The number of rotatable bonds is 7. The van der Waals surface area contributed by atoms with Gasteiger partial charge in [0.2, 0.25) is 11.8 Å². The summed E-state index contributed by atoms with van der Waals surface area (Å²) in [5.41, 5.74) is 3.40. The van der Waals surface area contributed by atoms with Crippen LogP contribution in [0.1, 0.15) is 15.9 Å². The van der Waals surface area contributed by atoms with Crippen molar-refractivity contribution < 1.29 is 19.1 Å². The number of aryl methyl sites for hydroxylation is 1. The highest BCUT2D eigenvalue weighted by Gasteiger charge is 2.16. The highest BCUT2D eigenvalue weighted by Crippen LogP contribution is 2.30. The van der Waals surface area contributed by atoms with E-state index in [9.17, 15) is 9.59 Å². The Labute approximate surface area is 212 Å². The van der Waals surface area contributed by atoms with Gasteiger partial charge in [0.05, 0.1) is 16.7 Å². The first-order valence-electron chi connectivity index (χ1n) is 11.5. The number of benzene rings is 3. The Balaban J connectivity index is 1.40. The second-order valence-electron chi connectivity index (χ2n) is 8.08. The molecule has 9 nitrogen and oxygen atoms in total. The molecule has 0 atom stereocenters. The molecule has 0 fully saturated rings. The fourth-order valence-electron chi connectivity index (χ4n) is 3.80. The number of ether oxygens (including phenoxy) is 2. The number of hydrogen-bond acceptors (Lipinski definition) is 7. The number of pyridine rings is 1. The molecule has 3 aromatic carbocycles. The van der Waals surface area contributed by atoms with Gasteiger partial charge in [0.25, 0.3) is 0 Å². The van der Waals surface area contributed by atoms with E-state index in [0.29, 0.717) is 39.8 Å². The molecule has 1 amide bonds. The third-order valence-electron chi connectivity index (χ3n) is 5.65. The summed E-state index contributed by atoms with van der Waals surface area (Å²) >= 11 is 0. The van der Waals surface area contributed by atoms with Gasteiger partial charge in [-0.25, -0.2) is 14.8 Å². The molecule has 0 aliphatic heterocycles. The Morgan fingerprint density at radius 2 is 1.65 bits per heavy atom. The van der Waals surface area contributed by atoms with E-state index in [1.165, 1.54) is 19.3 Å². The molecule has 0 bridgehead atoms. The SMILES string of the molecule is CNC(=O)Oc1cc(Oc2ccc3c(c2)nc(Nc2ccccc2C(=O)c2ccccc2)n3C)ccn1. The summed E-state index contributed by atoms with van der Waals surface area (Å²) in [5.74, 6) is 1.62. The maximum Gasteiger partial charge on any atom is 0.413 e. The van der Waals surface area contributed by atoms with Gasteiger partial charge in [-0.05, 0) is 30.3 Å². The Morgan fingerprint density at radius 1 is 0.892 bits per heavy atom. The molecule has 5 aromatic rings. The molecule has 0 radical (unpaired) electrons. The Bertz CT molecular complexity index is 1600. The molecule has 0 aliphatic rings. The van der Waals surface area contributed by atoms with Gasteiger partial charge in [-0.3, -0.25) is 4.79 Å². The molecule has 0 saturated carbocycles. The number of carbonyl (C=O) groups is 2. The molecule has 0 spiro atoms. The van der Waals surface area contributed by atoms with Crippen LogP contribution in [0.15, 0.2) is 91.1 Å². The van der Waals surface area contributed by atoms with Crippen LogP contribution in [0.3, 0.4) is 0 Å². The van der Waals surface area contributed by atoms with Gasteiger partial charge < -0.3 is 24.7 Å². The second kappa shape index (κ2) is 10.2. The fourth-order valence-corrected chi connectivity index (χ4v) is 3.80. The van der Waals surface area contributed by atoms with Gasteiger partial charge in [-0.2, -0.15) is 0 Å². The van der Waals surface area contributed by atoms with Gasteiger partial charge in [-0.15, -0.1) is 0 Å². The van der Waals surface area contributed by atoms with Crippen molar-refractivity contribution in [1.29, 1.82) is 0 Å². The van der Waals surface area contributed by atoms with Crippen molar-refractivity contribution in [2.24, 2.45) is 7.05 Å². The minimum atomic E-state index is -0.619. The van der Waals surface area contributed by atoms with E-state index in [2.05, 4.69) is 15.6 Å². The lowest BCUT2D eigenvalue weighted by Gasteiger charge is -2.11. The number of carbonyl (C=O) groups excluding carboxylic acids is 2. The fraction of sp³-hybridized carbons (Fsp3) is 0.0714. The van der Waals surface area contributed by atoms with Crippen LogP contribution in [0.25, 0.3) is 11.0 Å². The number of nitrogens with one attached hydrogen (secondary N) is 2. The number of aromatic nitrogens is 3. The van der Waals surface area contributed by atoms with E-state index in [1.807, 2.05) is 60.1 Å². The van der Waals surface area contributed by atoms with Crippen molar-refractivity contribution in [3.63, 3.8) is 0 Å². The highest BCUT2D eigenvalue weighted by atomic mass is 16.6. The number of nitrogens with zero attached hydrogens (tertiary/aromatic N) is 3. The number of amides is 1. The van der Waals surface area contributed by atoms with Crippen LogP contribution in [0.2, 0.25) is 0 Å². The smallest absolute Gasteiger partial charge is 0.413 e. The number of ketones is 1. The number of para-hydroxylation sites is 1. The van der Waals surface area contributed by atoms with Gasteiger partial charge in [0.15, 0.2) is 5.78 Å². The maximum absolute atomic E-state index is 13.1. The van der Waals surface area contributed by atoms with E-state index in [1.54, 1.807) is 30.3 Å². The predicted octanol–water partition coefficient (Wildman–Crippen LogP) is 5.45. The lowest BCUT2D eigenvalue weighted by molar-refractivity contribution is 0.103. The van der Waals surface area contributed by atoms with Crippen LogP contribution in [0.5, 0.6) is 17.4 Å². The van der Waals surface area contributed by atoms with Crippen LogP contribution < -0.4 is 20.1 Å². The molecule has 0 saturated heterocycles. The van der Waals surface area contributed by atoms with E-state index in [4.69, 9.17) is 14.5 Å². The number of anilines is 2. The van der Waals surface area contributed by atoms with Gasteiger partial charge >= 0.3 is 6.09 Å². The van der Waals surface area contributed by atoms with E-state index < -0.39 is 6.09 Å². The summed E-state index contributed by atoms with van der Waals surface area (Å²) in [7, 11) is 3.36.